The predicted octanol–water partition coefficient (Wildman–Crippen LogP) is -3.73. The van der Waals surface area contributed by atoms with E-state index in [9.17, 15) is 35.7 Å². The van der Waals surface area contributed by atoms with Crippen LogP contribution in [0.1, 0.15) is 0 Å². The van der Waals surface area contributed by atoms with E-state index in [1.54, 1.807) is 12.1 Å². The average molecular weight is 433 g/mol. The van der Waals surface area contributed by atoms with Crippen molar-refractivity contribution in [3.05, 3.63) is 24.3 Å². The smallest absolute Gasteiger partial charge is 0.229 e. The standard InChI is InChI=1S/C18H27NO11/c19-7-1-3-8(4-2-7)27-17-15(26)13(24)16(10(6-21)29-17)30-18-14(25)12(23)11(22)9(5-20)28-18/h1-4,9-18,20-26H,5-6,19H2/t9-,10?,11+,12+,13?,14?,15-,16+,17?,18?/m1/s1. The van der Waals surface area contributed by atoms with Crippen molar-refractivity contribution in [3.8, 4) is 5.75 Å². The minimum absolute atomic E-state index is 0.297. The largest absolute Gasteiger partial charge is 0.462 e. The quantitative estimate of drug-likeness (QED) is 0.204. The highest BCUT2D eigenvalue weighted by Gasteiger charge is 2.51. The van der Waals surface area contributed by atoms with Crippen LogP contribution in [0.25, 0.3) is 0 Å². The molecule has 5 unspecified atom stereocenters. The van der Waals surface area contributed by atoms with Crippen LogP contribution in [0.4, 0.5) is 5.69 Å². The first kappa shape index (κ1) is 23.1. The SMILES string of the molecule is Nc1ccc(OC2OC(CO)[C@H](OC3O[C@H](CO)[C@H](O)[C@H](O)C3O)C(O)[C@H]2O)cc1. The van der Waals surface area contributed by atoms with Crippen molar-refractivity contribution in [1.82, 2.24) is 0 Å². The summed E-state index contributed by atoms with van der Waals surface area (Å²) in [7, 11) is 0. The van der Waals surface area contributed by atoms with Crippen molar-refractivity contribution in [2.45, 2.75) is 61.4 Å². The lowest BCUT2D eigenvalue weighted by Crippen LogP contribution is -2.65. The topological polar surface area (TPSA) is 205 Å². The first-order valence-corrected chi connectivity index (χ1v) is 9.37. The molecule has 30 heavy (non-hydrogen) atoms. The molecule has 0 radical (unpaired) electrons. The number of nitrogen functional groups attached to an aromatic ring is 1. The van der Waals surface area contributed by atoms with Gasteiger partial charge in [-0.1, -0.05) is 0 Å². The van der Waals surface area contributed by atoms with E-state index in [2.05, 4.69) is 0 Å². The summed E-state index contributed by atoms with van der Waals surface area (Å²) >= 11 is 0. The lowest BCUT2D eigenvalue weighted by Gasteiger charge is -2.45. The second-order valence-electron chi connectivity index (χ2n) is 7.19. The van der Waals surface area contributed by atoms with Crippen LogP contribution >= 0.6 is 0 Å². The molecule has 1 aromatic carbocycles. The Bertz CT molecular complexity index is 673. The van der Waals surface area contributed by atoms with Gasteiger partial charge in [-0.15, -0.1) is 0 Å². The number of anilines is 1. The minimum Gasteiger partial charge on any atom is -0.462 e. The lowest BCUT2D eigenvalue weighted by atomic mass is 9.97. The molecule has 10 atom stereocenters. The van der Waals surface area contributed by atoms with Crippen molar-refractivity contribution in [1.29, 1.82) is 0 Å². The maximum absolute atomic E-state index is 10.5. The highest BCUT2D eigenvalue weighted by molar-refractivity contribution is 5.41. The molecule has 3 rings (SSSR count). The van der Waals surface area contributed by atoms with Gasteiger partial charge in [0.05, 0.1) is 13.2 Å². The summed E-state index contributed by atoms with van der Waals surface area (Å²) in [6.45, 7) is -1.31. The number of rotatable bonds is 6. The van der Waals surface area contributed by atoms with Crippen molar-refractivity contribution in [2.24, 2.45) is 0 Å². The molecule has 0 aliphatic carbocycles. The van der Waals surface area contributed by atoms with E-state index < -0.39 is 74.6 Å². The monoisotopic (exact) mass is 433 g/mol. The maximum atomic E-state index is 10.5. The molecule has 0 amide bonds. The average Bonchev–Trinajstić information content (AvgIpc) is 2.74. The molecular formula is C18H27NO11. The predicted molar refractivity (Wildman–Crippen MR) is 97.9 cm³/mol. The van der Waals surface area contributed by atoms with Gasteiger partial charge in [0.2, 0.25) is 6.29 Å². The fourth-order valence-electron chi connectivity index (χ4n) is 3.33. The summed E-state index contributed by atoms with van der Waals surface area (Å²) in [5, 5.41) is 69.7. The summed E-state index contributed by atoms with van der Waals surface area (Å²) < 4.78 is 21.7. The highest BCUT2D eigenvalue weighted by atomic mass is 16.7. The third-order valence-electron chi connectivity index (χ3n) is 5.09. The minimum atomic E-state index is -1.73. The van der Waals surface area contributed by atoms with Gasteiger partial charge in [-0.25, -0.2) is 0 Å². The molecule has 0 spiro atoms. The summed E-state index contributed by atoms with van der Waals surface area (Å²) in [5.74, 6) is 0.297. The van der Waals surface area contributed by atoms with Crippen LogP contribution in [0.3, 0.4) is 0 Å². The van der Waals surface area contributed by atoms with E-state index in [4.69, 9.17) is 24.7 Å². The zero-order chi connectivity index (χ0) is 22.0. The summed E-state index contributed by atoms with van der Waals surface area (Å²) in [6, 6.07) is 6.19. The first-order chi connectivity index (χ1) is 14.3. The first-order valence-electron chi connectivity index (χ1n) is 9.37. The molecule has 170 valence electrons. The highest BCUT2D eigenvalue weighted by Crippen LogP contribution is 2.30. The number of aliphatic hydroxyl groups is 7. The van der Waals surface area contributed by atoms with Gasteiger partial charge in [0.1, 0.15) is 54.6 Å². The molecule has 2 fully saturated rings. The third kappa shape index (κ3) is 4.68. The molecule has 1 aromatic rings. The van der Waals surface area contributed by atoms with Gasteiger partial charge in [-0.2, -0.15) is 0 Å². The number of aliphatic hydroxyl groups excluding tert-OH is 7. The van der Waals surface area contributed by atoms with Crippen LogP contribution in [0.15, 0.2) is 24.3 Å². The van der Waals surface area contributed by atoms with E-state index >= 15 is 0 Å². The van der Waals surface area contributed by atoms with Crippen LogP contribution < -0.4 is 10.5 Å². The van der Waals surface area contributed by atoms with Crippen LogP contribution in [0, 0.1) is 0 Å². The van der Waals surface area contributed by atoms with E-state index in [1.807, 2.05) is 0 Å². The number of nitrogens with two attached hydrogens (primary N) is 1. The molecule has 0 saturated carbocycles. The van der Waals surface area contributed by atoms with Gasteiger partial charge in [-0.3, -0.25) is 0 Å². The third-order valence-corrected chi connectivity index (χ3v) is 5.09. The van der Waals surface area contributed by atoms with Crippen molar-refractivity contribution in [2.75, 3.05) is 18.9 Å². The number of benzene rings is 1. The Morgan fingerprint density at radius 3 is 1.90 bits per heavy atom. The maximum Gasteiger partial charge on any atom is 0.229 e. The Hall–Kier alpha value is -1.58. The van der Waals surface area contributed by atoms with Crippen LogP contribution in [0.5, 0.6) is 5.75 Å². The molecule has 12 nitrogen and oxygen atoms in total. The fourth-order valence-corrected chi connectivity index (χ4v) is 3.33. The summed E-state index contributed by atoms with van der Waals surface area (Å²) in [5.41, 5.74) is 6.10. The van der Waals surface area contributed by atoms with Crippen molar-refractivity contribution >= 4 is 5.69 Å². The molecule has 9 N–H and O–H groups in total. The number of ether oxygens (including phenoxy) is 4. The summed E-state index contributed by atoms with van der Waals surface area (Å²) in [4.78, 5) is 0. The molecule has 2 saturated heterocycles. The normalized spacial score (nSPS) is 42.1. The molecule has 2 heterocycles. The Morgan fingerprint density at radius 2 is 1.30 bits per heavy atom. The molecule has 12 heteroatoms. The molecule has 2 aliphatic rings. The molecular weight excluding hydrogens is 406 g/mol. The Balaban J connectivity index is 1.71. The second-order valence-corrected chi connectivity index (χ2v) is 7.19. The van der Waals surface area contributed by atoms with Gasteiger partial charge < -0.3 is 60.4 Å². The van der Waals surface area contributed by atoms with E-state index in [-0.39, 0.29) is 0 Å². The summed E-state index contributed by atoms with van der Waals surface area (Å²) in [6.07, 6.45) is -15.0. The zero-order valence-corrected chi connectivity index (χ0v) is 15.8. The Morgan fingerprint density at radius 1 is 0.733 bits per heavy atom. The van der Waals surface area contributed by atoms with Crippen LogP contribution in [-0.4, -0.2) is 110 Å². The van der Waals surface area contributed by atoms with Crippen LogP contribution in [-0.2, 0) is 14.2 Å². The van der Waals surface area contributed by atoms with Crippen molar-refractivity contribution < 1.29 is 54.7 Å². The fraction of sp³-hybridized carbons (Fsp3) is 0.667. The molecule has 0 bridgehead atoms. The Labute approximate surface area is 171 Å². The molecule has 0 aromatic heterocycles. The van der Waals surface area contributed by atoms with E-state index in [0.717, 1.165) is 0 Å². The number of hydrogen-bond acceptors (Lipinski definition) is 12. The van der Waals surface area contributed by atoms with Crippen LogP contribution in [0.2, 0.25) is 0 Å². The molecule has 2 aliphatic heterocycles. The van der Waals surface area contributed by atoms with E-state index in [1.165, 1.54) is 12.1 Å². The van der Waals surface area contributed by atoms with E-state index in [0.29, 0.717) is 11.4 Å². The zero-order valence-electron chi connectivity index (χ0n) is 15.8. The van der Waals surface area contributed by atoms with Gasteiger partial charge in [0.25, 0.3) is 0 Å². The van der Waals surface area contributed by atoms with Gasteiger partial charge >= 0.3 is 0 Å². The lowest BCUT2D eigenvalue weighted by molar-refractivity contribution is -0.352. The van der Waals surface area contributed by atoms with Gasteiger partial charge in [0.15, 0.2) is 6.29 Å². The Kier molecular flexibility index (Phi) is 7.47. The second kappa shape index (κ2) is 9.70. The number of hydrogen-bond donors (Lipinski definition) is 8. The van der Waals surface area contributed by atoms with Gasteiger partial charge in [0, 0.05) is 5.69 Å². The van der Waals surface area contributed by atoms with Gasteiger partial charge in [-0.05, 0) is 24.3 Å². The van der Waals surface area contributed by atoms with Crippen molar-refractivity contribution in [3.63, 3.8) is 0 Å².